The summed E-state index contributed by atoms with van der Waals surface area (Å²) in [6, 6.07) is 151. The Kier molecular flexibility index (Phi) is 14.4. The van der Waals surface area contributed by atoms with Crippen LogP contribution in [0.3, 0.4) is 0 Å². The third-order valence-electron chi connectivity index (χ3n) is 24.8. The molecule has 0 fully saturated rings. The minimum atomic E-state index is 0.638. The van der Waals surface area contributed by atoms with E-state index in [-0.39, 0.29) is 0 Å². The average Bonchev–Trinajstić information content (AvgIpc) is 1.57. The lowest BCUT2D eigenvalue weighted by Gasteiger charge is -2.14. The Morgan fingerprint density at radius 2 is 0.339 bits per heavy atom. The van der Waals surface area contributed by atoms with Gasteiger partial charge in [0, 0.05) is 104 Å². The summed E-state index contributed by atoms with van der Waals surface area (Å²) in [5.41, 5.74) is 30.3. The molecule has 18 aromatic carbocycles. The minimum absolute atomic E-state index is 0.638. The maximum Gasteiger partial charge on any atom is 0.162 e. The van der Waals surface area contributed by atoms with Gasteiger partial charge in [-0.05, 0) is 251 Å². The molecule has 25 rings (SSSR count). The van der Waals surface area contributed by atoms with Crippen molar-refractivity contribution in [3.63, 3.8) is 0 Å². The molecule has 0 bridgehead atoms. The smallest absolute Gasteiger partial charge is 0.162 e. The van der Waals surface area contributed by atoms with E-state index in [1.165, 1.54) is 98.0 Å². The lowest BCUT2D eigenvalue weighted by Crippen LogP contribution is -2.03. The van der Waals surface area contributed by atoms with E-state index < -0.39 is 0 Å². The maximum atomic E-state index is 5.77. The van der Waals surface area contributed by atoms with E-state index in [1.807, 2.05) is 0 Å². The second kappa shape index (κ2) is 25.8. The van der Waals surface area contributed by atoms with Gasteiger partial charge in [-0.1, -0.05) is 206 Å². The van der Waals surface area contributed by atoms with Crippen molar-refractivity contribution in [2.24, 2.45) is 0 Å². The second-order valence-corrected chi connectivity index (χ2v) is 31.2. The van der Waals surface area contributed by atoms with Crippen LogP contribution in [-0.2, 0) is 0 Å². The number of benzene rings is 18. The summed E-state index contributed by atoms with van der Waals surface area (Å²) in [5, 5.41) is 15.3. The van der Waals surface area contributed by atoms with Crippen LogP contribution in [0.25, 0.3) is 232 Å². The molecule has 0 spiro atoms. The molecule has 548 valence electrons. The summed E-state index contributed by atoms with van der Waals surface area (Å²) >= 11 is 0. The first-order valence-corrected chi connectivity index (χ1v) is 40.4. The number of hydrogen-bond donors (Lipinski definition) is 0. The third kappa shape index (κ3) is 10.0. The van der Waals surface area contributed by atoms with Gasteiger partial charge in [-0.2, -0.15) is 0 Å². The highest BCUT2D eigenvalue weighted by Crippen LogP contribution is 2.46. The van der Waals surface area contributed by atoms with Crippen molar-refractivity contribution >= 4 is 142 Å². The number of fused-ring (bicyclic) bond motifs is 19. The van der Waals surface area contributed by atoms with Crippen molar-refractivity contribution in [2.75, 3.05) is 0 Å². The van der Waals surface area contributed by atoms with E-state index in [2.05, 4.69) is 440 Å². The van der Waals surface area contributed by atoms with Crippen LogP contribution in [-0.4, -0.2) is 37.4 Å². The summed E-state index contributed by atoms with van der Waals surface area (Å²) in [6.07, 6.45) is 0. The van der Waals surface area contributed by atoms with Gasteiger partial charge in [-0.15, -0.1) is 0 Å². The van der Waals surface area contributed by atoms with Crippen molar-refractivity contribution < 1.29 is 0 Å². The number of para-hydroxylation sites is 9. The predicted octanol–water partition coefficient (Wildman–Crippen LogP) is 28.5. The van der Waals surface area contributed by atoms with Crippen molar-refractivity contribution in [1.82, 2.24) is 37.4 Å². The van der Waals surface area contributed by atoms with Crippen LogP contribution in [0.4, 0.5) is 0 Å². The fraction of sp³-hybridized carbons (Fsp3) is 0. The van der Waals surface area contributed by atoms with Gasteiger partial charge in [0.05, 0.1) is 71.7 Å². The SMILES string of the molecule is c1ccc(-n2c3ccccc3c3cc(-c4ccc5c(c4)c4cc(-c6ccc7c(c6)c6ccccc6n7-c6ccccc6)ccc4n5-c4ccc(-c5nc(-n6c7ccc(-c8ccc9c(c8)c8ccccc8n9-c8ccccc8)cc7c7cc(-c8ccc9c(c8)c8ccccc8n9-c8ccccc8)ccc76)c6ccccc6n5)cc4)ccc32)cc1. The van der Waals surface area contributed by atoms with Crippen molar-refractivity contribution in [3.05, 3.63) is 413 Å². The quantitative estimate of drug-likeness (QED) is 0.130. The maximum absolute atomic E-state index is 5.77. The summed E-state index contributed by atoms with van der Waals surface area (Å²) in [6.45, 7) is 0. The summed E-state index contributed by atoms with van der Waals surface area (Å²) in [7, 11) is 0. The lowest BCUT2D eigenvalue weighted by molar-refractivity contribution is 1.07. The molecule has 0 amide bonds. The van der Waals surface area contributed by atoms with Crippen molar-refractivity contribution in [2.45, 2.75) is 0 Å². The van der Waals surface area contributed by atoms with Gasteiger partial charge < -0.3 is 22.8 Å². The van der Waals surface area contributed by atoms with E-state index in [4.69, 9.17) is 9.97 Å². The van der Waals surface area contributed by atoms with E-state index in [9.17, 15) is 0 Å². The molecule has 0 aliphatic heterocycles. The standard InChI is InChI=1S/C110H68N8/c1-5-23-78(24-6-1)113-97-37-19-14-31-83(97)88-61-70(43-53-101(88)113)74-47-57-105-92(65-74)93-66-75(71-44-54-102-89(62-71)84-32-15-20-38-98(84)114(102)79-25-7-2-8-26-79)48-58-106(93)117(105)82-51-41-69(42-52-82)109-111-96-36-18-13-35-87(96)110(112-109)118-107-59-49-76(72-45-55-103-90(63-72)85-33-16-21-39-99(85)115(103)80-27-9-3-10-28-80)67-94(107)95-68-77(50-60-108(95)118)73-46-56-104-91(64-73)86-34-17-22-40-100(86)116(104)81-29-11-4-12-30-81/h1-68H. The zero-order valence-electron chi connectivity index (χ0n) is 63.8. The molecule has 25 aromatic rings. The molecule has 8 heteroatoms. The first kappa shape index (κ1) is 65.6. The van der Waals surface area contributed by atoms with Crippen LogP contribution in [0.1, 0.15) is 0 Å². The Balaban J connectivity index is 0.644. The van der Waals surface area contributed by atoms with Gasteiger partial charge in [-0.25, -0.2) is 9.97 Å². The Bertz CT molecular complexity index is 8040. The van der Waals surface area contributed by atoms with Crippen LogP contribution in [0, 0.1) is 0 Å². The van der Waals surface area contributed by atoms with Gasteiger partial charge >= 0.3 is 0 Å². The highest BCUT2D eigenvalue weighted by Gasteiger charge is 2.25. The molecule has 0 radical (unpaired) electrons. The summed E-state index contributed by atoms with van der Waals surface area (Å²) in [4.78, 5) is 11.2. The molecule has 0 saturated carbocycles. The van der Waals surface area contributed by atoms with Gasteiger partial charge in [0.15, 0.2) is 5.82 Å². The number of aromatic nitrogens is 8. The third-order valence-corrected chi connectivity index (χ3v) is 24.8. The molecule has 0 atom stereocenters. The zero-order chi connectivity index (χ0) is 77.2. The van der Waals surface area contributed by atoms with Gasteiger partial charge in [0.1, 0.15) is 5.82 Å². The monoisotopic (exact) mass is 1500 g/mol. The van der Waals surface area contributed by atoms with Crippen molar-refractivity contribution in [1.29, 1.82) is 0 Å². The van der Waals surface area contributed by atoms with Crippen LogP contribution < -0.4 is 0 Å². The van der Waals surface area contributed by atoms with Gasteiger partial charge in [-0.3, -0.25) is 4.57 Å². The number of rotatable bonds is 11. The highest BCUT2D eigenvalue weighted by atomic mass is 15.1. The van der Waals surface area contributed by atoms with E-state index >= 15 is 0 Å². The van der Waals surface area contributed by atoms with Crippen LogP contribution in [0.5, 0.6) is 0 Å². The Hall–Kier alpha value is -15.9. The predicted molar refractivity (Wildman–Crippen MR) is 493 cm³/mol. The lowest BCUT2D eigenvalue weighted by atomic mass is 9.98. The Morgan fingerprint density at radius 3 is 0.619 bits per heavy atom. The molecule has 0 unspecified atom stereocenters. The van der Waals surface area contributed by atoms with E-state index in [1.54, 1.807) is 0 Å². The van der Waals surface area contributed by atoms with Gasteiger partial charge in [0.2, 0.25) is 0 Å². The summed E-state index contributed by atoms with van der Waals surface area (Å²) < 4.78 is 14.4. The molecule has 8 nitrogen and oxygen atoms in total. The Labute approximate surface area is 677 Å². The van der Waals surface area contributed by atoms with E-state index in [0.717, 1.165) is 128 Å². The zero-order valence-corrected chi connectivity index (χ0v) is 63.8. The average molecular weight is 1500 g/mol. The first-order valence-electron chi connectivity index (χ1n) is 40.4. The molecule has 0 aliphatic rings. The van der Waals surface area contributed by atoms with E-state index in [0.29, 0.717) is 5.82 Å². The Morgan fingerprint density at radius 1 is 0.136 bits per heavy atom. The largest absolute Gasteiger partial charge is 0.309 e. The molecule has 118 heavy (non-hydrogen) atoms. The number of nitrogens with zero attached hydrogens (tertiary/aromatic N) is 8. The normalized spacial score (nSPS) is 12.1. The highest BCUT2D eigenvalue weighted by molar-refractivity contribution is 6.18. The molecule has 0 aliphatic carbocycles. The second-order valence-electron chi connectivity index (χ2n) is 31.2. The molecule has 0 saturated heterocycles. The number of hydrogen-bond acceptors (Lipinski definition) is 2. The van der Waals surface area contributed by atoms with Crippen LogP contribution >= 0.6 is 0 Å². The van der Waals surface area contributed by atoms with Crippen LogP contribution in [0.2, 0.25) is 0 Å². The van der Waals surface area contributed by atoms with Crippen molar-refractivity contribution in [3.8, 4) is 90.2 Å². The molecule has 0 N–H and O–H groups in total. The first-order chi connectivity index (χ1) is 58.5. The topological polar surface area (TPSA) is 55.4 Å². The molecule has 7 heterocycles. The molecular weight excluding hydrogens is 1430 g/mol. The van der Waals surface area contributed by atoms with Gasteiger partial charge in [0.25, 0.3) is 0 Å². The van der Waals surface area contributed by atoms with Crippen LogP contribution in [0.15, 0.2) is 413 Å². The fourth-order valence-corrected chi connectivity index (χ4v) is 19.4. The minimum Gasteiger partial charge on any atom is -0.309 e. The molecule has 7 aromatic heterocycles. The molecular formula is C110H68N8. The fourth-order valence-electron chi connectivity index (χ4n) is 19.4. The summed E-state index contributed by atoms with van der Waals surface area (Å²) in [5.74, 6) is 1.45.